The SMILES string of the molecule is CCc1oc(CCNC(C)C)nc1-c1ccc2c(c1)C(NC(=O)OC(C)C)CC(C)N2C(C)=O. The minimum atomic E-state index is -0.463. The van der Waals surface area contributed by atoms with Crippen LogP contribution in [-0.2, 0) is 22.4 Å². The van der Waals surface area contributed by atoms with Crippen LogP contribution in [0, 0.1) is 0 Å². The normalized spacial score (nSPS) is 17.7. The lowest BCUT2D eigenvalue weighted by Gasteiger charge is -2.39. The molecule has 2 heterocycles. The summed E-state index contributed by atoms with van der Waals surface area (Å²) in [5, 5.41) is 6.38. The third-order valence-electron chi connectivity index (χ3n) is 5.88. The Morgan fingerprint density at radius 2 is 2.00 bits per heavy atom. The van der Waals surface area contributed by atoms with Crippen LogP contribution in [0.1, 0.15) is 78.1 Å². The number of rotatable bonds is 8. The number of aryl methyl sites for hydroxylation is 1. The molecule has 0 fully saturated rings. The highest BCUT2D eigenvalue weighted by atomic mass is 16.6. The van der Waals surface area contributed by atoms with Crippen molar-refractivity contribution in [2.45, 2.75) is 92.0 Å². The van der Waals surface area contributed by atoms with Gasteiger partial charge in [-0.1, -0.05) is 26.8 Å². The molecule has 0 bridgehead atoms. The Kier molecular flexibility index (Phi) is 8.36. The second-order valence-electron chi connectivity index (χ2n) is 9.49. The first-order valence-corrected chi connectivity index (χ1v) is 12.2. The fraction of sp³-hybridized carbons (Fsp3) is 0.577. The summed E-state index contributed by atoms with van der Waals surface area (Å²) in [4.78, 5) is 31.4. The Morgan fingerprint density at radius 3 is 2.62 bits per heavy atom. The van der Waals surface area contributed by atoms with E-state index in [-0.39, 0.29) is 24.1 Å². The second-order valence-corrected chi connectivity index (χ2v) is 9.49. The largest absolute Gasteiger partial charge is 0.447 e. The Morgan fingerprint density at radius 1 is 1.26 bits per heavy atom. The molecule has 2 N–H and O–H groups in total. The molecule has 0 spiro atoms. The lowest BCUT2D eigenvalue weighted by Crippen LogP contribution is -2.45. The van der Waals surface area contributed by atoms with E-state index in [1.165, 1.54) is 0 Å². The van der Waals surface area contributed by atoms with Crippen molar-refractivity contribution in [2.24, 2.45) is 0 Å². The lowest BCUT2D eigenvalue weighted by molar-refractivity contribution is -0.117. The van der Waals surface area contributed by atoms with E-state index in [0.29, 0.717) is 24.8 Å². The predicted molar refractivity (Wildman–Crippen MR) is 133 cm³/mol. The molecule has 0 radical (unpaired) electrons. The van der Waals surface area contributed by atoms with Crippen molar-refractivity contribution in [3.8, 4) is 11.3 Å². The van der Waals surface area contributed by atoms with Gasteiger partial charge < -0.3 is 24.7 Å². The van der Waals surface area contributed by atoms with Gasteiger partial charge in [0.05, 0.1) is 12.1 Å². The molecule has 2 aromatic rings. The third-order valence-corrected chi connectivity index (χ3v) is 5.88. The van der Waals surface area contributed by atoms with Gasteiger partial charge in [-0.05, 0) is 44.9 Å². The van der Waals surface area contributed by atoms with Crippen molar-refractivity contribution >= 4 is 17.7 Å². The van der Waals surface area contributed by atoms with Crippen molar-refractivity contribution in [1.82, 2.24) is 15.6 Å². The van der Waals surface area contributed by atoms with Gasteiger partial charge in [-0.2, -0.15) is 0 Å². The van der Waals surface area contributed by atoms with Crippen LogP contribution in [0.4, 0.5) is 10.5 Å². The van der Waals surface area contributed by atoms with Crippen molar-refractivity contribution in [1.29, 1.82) is 0 Å². The predicted octanol–water partition coefficient (Wildman–Crippen LogP) is 4.77. The summed E-state index contributed by atoms with van der Waals surface area (Å²) in [6.07, 6.45) is 1.34. The number of benzene rings is 1. The van der Waals surface area contributed by atoms with E-state index in [2.05, 4.69) is 24.5 Å². The van der Waals surface area contributed by atoms with Crippen molar-refractivity contribution in [2.75, 3.05) is 11.4 Å². The highest BCUT2D eigenvalue weighted by Gasteiger charge is 2.34. The van der Waals surface area contributed by atoms with Crippen molar-refractivity contribution in [3.63, 3.8) is 0 Å². The molecule has 34 heavy (non-hydrogen) atoms. The van der Waals surface area contributed by atoms with Gasteiger partial charge >= 0.3 is 6.09 Å². The lowest BCUT2D eigenvalue weighted by atomic mass is 9.89. The Bertz CT molecular complexity index is 1010. The van der Waals surface area contributed by atoms with Gasteiger partial charge in [-0.3, -0.25) is 4.79 Å². The van der Waals surface area contributed by atoms with Gasteiger partial charge in [0.1, 0.15) is 11.5 Å². The molecule has 2 unspecified atom stereocenters. The van der Waals surface area contributed by atoms with Crippen LogP contribution < -0.4 is 15.5 Å². The molecule has 8 heteroatoms. The van der Waals surface area contributed by atoms with E-state index in [1.54, 1.807) is 11.8 Å². The third kappa shape index (κ3) is 5.97. The highest BCUT2D eigenvalue weighted by Crippen LogP contribution is 2.40. The highest BCUT2D eigenvalue weighted by molar-refractivity contribution is 5.94. The number of hydrogen-bond donors (Lipinski definition) is 2. The number of anilines is 1. The van der Waals surface area contributed by atoms with Crippen LogP contribution >= 0.6 is 0 Å². The number of carbonyl (C=O) groups is 2. The molecule has 3 rings (SSSR count). The molecule has 1 aromatic heterocycles. The maximum absolute atomic E-state index is 12.4. The smallest absolute Gasteiger partial charge is 0.407 e. The van der Waals surface area contributed by atoms with Crippen molar-refractivity contribution < 1.29 is 18.7 Å². The molecule has 0 saturated heterocycles. The topological polar surface area (TPSA) is 96.7 Å². The molecule has 2 atom stereocenters. The molecule has 0 saturated carbocycles. The second kappa shape index (κ2) is 11.0. The summed E-state index contributed by atoms with van der Waals surface area (Å²) < 4.78 is 11.4. The average molecular weight is 471 g/mol. The summed E-state index contributed by atoms with van der Waals surface area (Å²) in [5.41, 5.74) is 3.39. The van der Waals surface area contributed by atoms with Crippen LogP contribution in [0.5, 0.6) is 0 Å². The molecule has 186 valence electrons. The molecule has 1 aliphatic rings. The number of hydrogen-bond acceptors (Lipinski definition) is 6. The van der Waals surface area contributed by atoms with E-state index in [4.69, 9.17) is 14.1 Å². The molecule has 8 nitrogen and oxygen atoms in total. The van der Waals surface area contributed by atoms with Crippen LogP contribution in [0.2, 0.25) is 0 Å². The van der Waals surface area contributed by atoms with E-state index >= 15 is 0 Å². The van der Waals surface area contributed by atoms with Gasteiger partial charge in [-0.25, -0.2) is 9.78 Å². The van der Waals surface area contributed by atoms with Crippen LogP contribution in [-0.4, -0.2) is 41.7 Å². The van der Waals surface area contributed by atoms with Crippen LogP contribution in [0.25, 0.3) is 11.3 Å². The van der Waals surface area contributed by atoms with E-state index in [0.717, 1.165) is 41.2 Å². The Balaban J connectivity index is 1.97. The maximum Gasteiger partial charge on any atom is 0.407 e. The Labute approximate surface area is 202 Å². The summed E-state index contributed by atoms with van der Waals surface area (Å²) >= 11 is 0. The molecule has 1 aromatic carbocycles. The number of nitrogens with zero attached hydrogens (tertiary/aromatic N) is 2. The van der Waals surface area contributed by atoms with E-state index in [1.807, 2.05) is 45.9 Å². The minimum absolute atomic E-state index is 0.0275. The number of nitrogens with one attached hydrogen (secondary N) is 2. The Hall–Kier alpha value is -2.87. The van der Waals surface area contributed by atoms with Crippen LogP contribution in [0.15, 0.2) is 22.6 Å². The number of fused-ring (bicyclic) bond motifs is 1. The minimum Gasteiger partial charge on any atom is -0.447 e. The zero-order valence-electron chi connectivity index (χ0n) is 21.4. The summed E-state index contributed by atoms with van der Waals surface area (Å²) in [6.45, 7) is 14.3. The summed E-state index contributed by atoms with van der Waals surface area (Å²) in [7, 11) is 0. The molecule has 0 aliphatic carbocycles. The fourth-order valence-corrected chi connectivity index (χ4v) is 4.46. The molecular formula is C26H38N4O4. The number of amides is 2. The van der Waals surface area contributed by atoms with Crippen LogP contribution in [0.3, 0.4) is 0 Å². The number of alkyl carbamates (subject to hydrolysis) is 1. The molecule has 1 aliphatic heterocycles. The summed E-state index contributed by atoms with van der Waals surface area (Å²) in [5.74, 6) is 1.50. The number of aromatic nitrogens is 1. The van der Waals surface area contributed by atoms with Gasteiger partial charge in [0.25, 0.3) is 0 Å². The number of ether oxygens (including phenoxy) is 1. The fourth-order valence-electron chi connectivity index (χ4n) is 4.46. The van der Waals surface area contributed by atoms with E-state index < -0.39 is 6.09 Å². The number of oxazole rings is 1. The zero-order valence-corrected chi connectivity index (χ0v) is 21.4. The van der Waals surface area contributed by atoms with Gasteiger partial charge in [0.2, 0.25) is 5.91 Å². The first-order valence-electron chi connectivity index (χ1n) is 12.2. The summed E-state index contributed by atoms with van der Waals surface area (Å²) in [6, 6.07) is 6.00. The van der Waals surface area contributed by atoms with Gasteiger partial charge in [-0.15, -0.1) is 0 Å². The number of carbonyl (C=O) groups excluding carboxylic acids is 2. The maximum atomic E-state index is 12.4. The molecule has 2 amide bonds. The first kappa shape index (κ1) is 25.7. The first-order chi connectivity index (χ1) is 16.1. The monoisotopic (exact) mass is 470 g/mol. The van der Waals surface area contributed by atoms with E-state index in [9.17, 15) is 9.59 Å². The average Bonchev–Trinajstić information content (AvgIpc) is 3.15. The quantitative estimate of drug-likeness (QED) is 0.577. The standard InChI is InChI=1S/C26H38N4O4/c1-8-23-25(29-24(34-23)11-12-27-15(2)3)19-9-10-22-20(14-19)21(28-26(32)33-16(4)5)13-17(6)30(22)18(7)31/h9-10,14-17,21,27H,8,11-13H2,1-7H3,(H,28,32). The van der Waals surface area contributed by atoms with Gasteiger partial charge in [0.15, 0.2) is 5.89 Å². The molecular weight excluding hydrogens is 432 g/mol. The van der Waals surface area contributed by atoms with Crippen molar-refractivity contribution in [3.05, 3.63) is 35.4 Å². The zero-order chi connectivity index (χ0) is 25.0. The van der Waals surface area contributed by atoms with Gasteiger partial charge in [0, 0.05) is 49.6 Å².